The summed E-state index contributed by atoms with van der Waals surface area (Å²) < 4.78 is 5.23. The Morgan fingerprint density at radius 3 is 3.00 bits per heavy atom. The van der Waals surface area contributed by atoms with Crippen LogP contribution in [0.15, 0.2) is 36.7 Å². The van der Waals surface area contributed by atoms with Gasteiger partial charge in [0.2, 0.25) is 5.91 Å². The van der Waals surface area contributed by atoms with Gasteiger partial charge in [-0.3, -0.25) is 9.59 Å². The second-order valence-electron chi connectivity index (χ2n) is 5.35. The number of nitrogens with two attached hydrogens (primary N) is 1. The van der Waals surface area contributed by atoms with Crippen molar-refractivity contribution in [2.45, 2.75) is 18.5 Å². The summed E-state index contributed by atoms with van der Waals surface area (Å²) in [5, 5.41) is 1.78. The fourth-order valence-corrected chi connectivity index (χ4v) is 2.81. The average Bonchev–Trinajstić information content (AvgIpc) is 2.95. The first-order valence-corrected chi connectivity index (χ1v) is 7.04. The Morgan fingerprint density at radius 1 is 1.45 bits per heavy atom. The van der Waals surface area contributed by atoms with E-state index in [-0.39, 0.29) is 24.5 Å². The topological polar surface area (TPSA) is 87.9 Å². The van der Waals surface area contributed by atoms with Gasteiger partial charge in [0, 0.05) is 12.4 Å². The fraction of sp³-hybridized carbons (Fsp3) is 0.333. The van der Waals surface area contributed by atoms with E-state index < -0.39 is 5.91 Å². The lowest BCUT2D eigenvalue weighted by molar-refractivity contribution is -0.137. The number of carbonyl (C=O) groups excluding carboxylic acids is 2. The highest BCUT2D eigenvalue weighted by atomic mass is 16.5. The molecule has 0 radical (unpaired) electrons. The average molecular weight is 302 g/mol. The number of hydrogen-bond donors (Lipinski definition) is 2. The van der Waals surface area contributed by atoms with Gasteiger partial charge < -0.3 is 20.4 Å². The predicted octanol–water partition coefficient (Wildman–Crippen LogP) is 0.114. The summed E-state index contributed by atoms with van der Waals surface area (Å²) in [5.41, 5.74) is 9.51. The molecule has 2 aliphatic rings. The number of rotatable bonds is 4. The molecule has 2 heterocycles. The lowest BCUT2D eigenvalue weighted by Gasteiger charge is -2.31. The normalized spacial score (nSPS) is 23.6. The van der Waals surface area contributed by atoms with Gasteiger partial charge in [-0.2, -0.15) is 0 Å². The van der Waals surface area contributed by atoms with Crippen molar-refractivity contribution in [3.05, 3.63) is 42.2 Å². The maximum absolute atomic E-state index is 12.4. The smallest absolute Gasteiger partial charge is 0.251 e. The molecular formula is C15H18N4O3. The number of ether oxygens (including phenoxy) is 1. The lowest BCUT2D eigenvalue weighted by atomic mass is 10.0. The molecule has 3 N–H and O–H groups in total. The molecule has 1 aromatic rings. The van der Waals surface area contributed by atoms with Gasteiger partial charge in [0.15, 0.2) is 0 Å². The monoisotopic (exact) mass is 302 g/mol. The third-order valence-electron chi connectivity index (χ3n) is 3.90. The molecule has 2 unspecified atom stereocenters. The second kappa shape index (κ2) is 5.69. The molecule has 1 fully saturated rings. The van der Waals surface area contributed by atoms with Crippen molar-refractivity contribution in [2.24, 2.45) is 5.73 Å². The maximum atomic E-state index is 12.4. The molecule has 0 spiro atoms. The number of hydrogen-bond acceptors (Lipinski definition) is 5. The number of benzene rings is 1. The molecule has 7 heteroatoms. The molecule has 1 aromatic carbocycles. The van der Waals surface area contributed by atoms with Crippen molar-refractivity contribution in [3.8, 4) is 5.75 Å². The van der Waals surface area contributed by atoms with Crippen LogP contribution in [0.25, 0.3) is 0 Å². The summed E-state index contributed by atoms with van der Waals surface area (Å²) in [6.45, 7) is -0.0938. The standard InChI is InChI=1S/C15H18N4O3/c1-22-11-4-2-3-10(7-11)12-8-13-15(21)18(9-14(16)20)5-6-19(13)17-12/h2-7,12-13,17H,8-9H2,1H3,(H2,16,20). The minimum Gasteiger partial charge on any atom is -0.497 e. The van der Waals surface area contributed by atoms with Crippen LogP contribution in [-0.4, -0.2) is 41.4 Å². The number of nitrogens with zero attached hydrogens (tertiary/aromatic N) is 2. The Kier molecular flexibility index (Phi) is 3.72. The van der Waals surface area contributed by atoms with Crippen molar-refractivity contribution >= 4 is 11.8 Å². The summed E-state index contributed by atoms with van der Waals surface area (Å²) in [6, 6.07) is 7.43. The first-order chi connectivity index (χ1) is 10.6. The van der Waals surface area contributed by atoms with Crippen molar-refractivity contribution in [1.29, 1.82) is 0 Å². The number of fused-ring (bicyclic) bond motifs is 1. The van der Waals surface area contributed by atoms with Crippen LogP contribution in [0.1, 0.15) is 18.0 Å². The van der Waals surface area contributed by atoms with Crippen LogP contribution in [0.3, 0.4) is 0 Å². The van der Waals surface area contributed by atoms with E-state index in [0.29, 0.717) is 6.42 Å². The Morgan fingerprint density at radius 2 is 2.27 bits per heavy atom. The molecule has 2 atom stereocenters. The summed E-state index contributed by atoms with van der Waals surface area (Å²) in [5.74, 6) is 0.127. The molecule has 22 heavy (non-hydrogen) atoms. The molecule has 0 aromatic heterocycles. The summed E-state index contributed by atoms with van der Waals surface area (Å²) in [7, 11) is 1.62. The molecule has 1 saturated heterocycles. The van der Waals surface area contributed by atoms with Crippen LogP contribution in [0.4, 0.5) is 0 Å². The number of methoxy groups -OCH3 is 1. The minimum absolute atomic E-state index is 0.0160. The Labute approximate surface area is 128 Å². The van der Waals surface area contributed by atoms with Crippen molar-refractivity contribution in [3.63, 3.8) is 0 Å². The Hall–Kier alpha value is -2.54. The van der Waals surface area contributed by atoms with Gasteiger partial charge in [-0.1, -0.05) is 12.1 Å². The summed E-state index contributed by atoms with van der Waals surface area (Å²) >= 11 is 0. The Bertz CT molecular complexity index is 631. The molecular weight excluding hydrogens is 284 g/mol. The van der Waals surface area contributed by atoms with Crippen LogP contribution < -0.4 is 15.9 Å². The third kappa shape index (κ3) is 2.62. The highest BCUT2D eigenvalue weighted by molar-refractivity contribution is 5.88. The minimum atomic E-state index is -0.526. The molecule has 0 saturated carbocycles. The molecule has 3 rings (SSSR count). The molecule has 7 nitrogen and oxygen atoms in total. The predicted molar refractivity (Wildman–Crippen MR) is 79.2 cm³/mol. The maximum Gasteiger partial charge on any atom is 0.251 e. The van der Waals surface area contributed by atoms with Crippen molar-refractivity contribution < 1.29 is 14.3 Å². The zero-order valence-corrected chi connectivity index (χ0v) is 12.2. The second-order valence-corrected chi connectivity index (χ2v) is 5.35. The molecule has 0 aliphatic carbocycles. The summed E-state index contributed by atoms with van der Waals surface area (Å²) in [4.78, 5) is 24.8. The zero-order valence-electron chi connectivity index (χ0n) is 12.2. The number of primary amides is 1. The SMILES string of the molecule is COc1cccc(C2CC3C(=O)N(CC(N)=O)C=CN3N2)c1. The highest BCUT2D eigenvalue weighted by Crippen LogP contribution is 2.31. The van der Waals surface area contributed by atoms with Crippen molar-refractivity contribution in [1.82, 2.24) is 15.3 Å². The van der Waals surface area contributed by atoms with Crippen LogP contribution in [0, 0.1) is 0 Å². The van der Waals surface area contributed by atoms with E-state index in [9.17, 15) is 9.59 Å². The van der Waals surface area contributed by atoms with Gasteiger partial charge in [0.05, 0.1) is 13.2 Å². The largest absolute Gasteiger partial charge is 0.497 e. The van der Waals surface area contributed by atoms with E-state index in [1.54, 1.807) is 24.5 Å². The van der Waals surface area contributed by atoms with Crippen LogP contribution in [0.2, 0.25) is 0 Å². The number of hydrazine groups is 1. The van der Waals surface area contributed by atoms with Crippen molar-refractivity contribution in [2.75, 3.05) is 13.7 Å². The number of amides is 2. The number of nitrogens with one attached hydrogen (secondary N) is 1. The van der Waals surface area contributed by atoms with E-state index in [1.807, 2.05) is 24.3 Å². The lowest BCUT2D eigenvalue weighted by Crippen LogP contribution is -2.49. The van der Waals surface area contributed by atoms with E-state index in [1.165, 1.54) is 4.90 Å². The van der Waals surface area contributed by atoms with Gasteiger partial charge >= 0.3 is 0 Å². The molecule has 0 bridgehead atoms. The first-order valence-electron chi connectivity index (χ1n) is 7.04. The number of carbonyl (C=O) groups is 2. The quantitative estimate of drug-likeness (QED) is 0.824. The van der Waals surface area contributed by atoms with Crippen LogP contribution >= 0.6 is 0 Å². The van der Waals surface area contributed by atoms with E-state index in [4.69, 9.17) is 10.5 Å². The molecule has 116 valence electrons. The van der Waals surface area contributed by atoms with Gasteiger partial charge in [0.1, 0.15) is 18.3 Å². The van der Waals surface area contributed by atoms with E-state index >= 15 is 0 Å². The Balaban J connectivity index is 1.76. The highest BCUT2D eigenvalue weighted by Gasteiger charge is 2.40. The van der Waals surface area contributed by atoms with E-state index in [0.717, 1.165) is 11.3 Å². The molecule has 2 aliphatic heterocycles. The van der Waals surface area contributed by atoms with Gasteiger partial charge in [-0.25, -0.2) is 5.43 Å². The third-order valence-corrected chi connectivity index (χ3v) is 3.90. The van der Waals surface area contributed by atoms with Gasteiger partial charge in [-0.15, -0.1) is 0 Å². The zero-order chi connectivity index (χ0) is 15.7. The van der Waals surface area contributed by atoms with Crippen LogP contribution in [-0.2, 0) is 9.59 Å². The summed E-state index contributed by atoms with van der Waals surface area (Å²) in [6.07, 6.45) is 3.95. The van der Waals surface area contributed by atoms with E-state index in [2.05, 4.69) is 5.43 Å². The fourth-order valence-electron chi connectivity index (χ4n) is 2.81. The first kappa shape index (κ1) is 14.4. The van der Waals surface area contributed by atoms with Gasteiger partial charge in [0.25, 0.3) is 5.91 Å². The van der Waals surface area contributed by atoms with Crippen LogP contribution in [0.5, 0.6) is 5.75 Å². The molecule has 2 amide bonds. The van der Waals surface area contributed by atoms with Gasteiger partial charge in [-0.05, 0) is 24.1 Å².